The lowest BCUT2D eigenvalue weighted by Crippen LogP contribution is -2.34. The van der Waals surface area contributed by atoms with E-state index in [0.29, 0.717) is 19.8 Å². The lowest BCUT2D eigenvalue weighted by atomic mass is 9.99. The number of carbonyl (C=O) groups is 1. The predicted octanol–water partition coefficient (Wildman–Crippen LogP) is 1.56. The number of hydrogen-bond acceptors (Lipinski definition) is 4. The van der Waals surface area contributed by atoms with Crippen LogP contribution in [0.4, 0.5) is 0 Å². The highest BCUT2D eigenvalue weighted by Crippen LogP contribution is 2.14. The van der Waals surface area contributed by atoms with Gasteiger partial charge in [0.2, 0.25) is 5.91 Å². The first-order valence-corrected chi connectivity index (χ1v) is 8.09. The molecular weight excluding hydrogens is 292 g/mol. The monoisotopic (exact) mass is 314 g/mol. The van der Waals surface area contributed by atoms with Crippen LogP contribution >= 0.6 is 0 Å². The lowest BCUT2D eigenvalue weighted by molar-refractivity contribution is -0.128. The van der Waals surface area contributed by atoms with Crippen molar-refractivity contribution in [2.45, 2.75) is 32.4 Å². The molecule has 6 heteroatoms. The first kappa shape index (κ1) is 15.7. The van der Waals surface area contributed by atoms with Gasteiger partial charge < -0.3 is 14.6 Å². The highest BCUT2D eigenvalue weighted by atomic mass is 16.5. The molecule has 0 aliphatic carbocycles. The number of ether oxygens (including phenoxy) is 1. The molecule has 122 valence electrons. The Kier molecular flexibility index (Phi) is 5.37. The van der Waals surface area contributed by atoms with Crippen molar-refractivity contribution in [3.8, 4) is 0 Å². The second-order valence-electron chi connectivity index (χ2n) is 5.78. The maximum Gasteiger partial charge on any atom is 0.223 e. The van der Waals surface area contributed by atoms with E-state index in [4.69, 9.17) is 4.74 Å². The summed E-state index contributed by atoms with van der Waals surface area (Å²) in [6.07, 6.45) is 4.23. The number of aromatic nitrogens is 3. The van der Waals surface area contributed by atoms with Gasteiger partial charge in [0.15, 0.2) is 5.82 Å². The number of benzene rings is 1. The Bertz CT molecular complexity index is 621. The number of hydrogen-bond donors (Lipinski definition) is 1. The molecule has 6 nitrogen and oxygen atoms in total. The molecule has 1 N–H and O–H groups in total. The van der Waals surface area contributed by atoms with Gasteiger partial charge in [0.1, 0.15) is 6.33 Å². The van der Waals surface area contributed by atoms with E-state index in [1.807, 2.05) is 22.8 Å². The summed E-state index contributed by atoms with van der Waals surface area (Å²) < 4.78 is 7.28. The van der Waals surface area contributed by atoms with Crippen molar-refractivity contribution in [1.29, 1.82) is 0 Å². The highest BCUT2D eigenvalue weighted by molar-refractivity contribution is 5.78. The van der Waals surface area contributed by atoms with Crippen molar-refractivity contribution in [1.82, 2.24) is 20.1 Å². The van der Waals surface area contributed by atoms with Gasteiger partial charge in [-0.15, -0.1) is 10.2 Å². The van der Waals surface area contributed by atoms with Crippen LogP contribution in [0.5, 0.6) is 0 Å². The summed E-state index contributed by atoms with van der Waals surface area (Å²) >= 11 is 0. The fraction of sp³-hybridized carbons (Fsp3) is 0.471. The minimum atomic E-state index is 0.0597. The van der Waals surface area contributed by atoms with Gasteiger partial charge in [-0.2, -0.15) is 0 Å². The quantitative estimate of drug-likeness (QED) is 0.878. The van der Waals surface area contributed by atoms with Crippen LogP contribution in [-0.2, 0) is 29.0 Å². The van der Waals surface area contributed by atoms with Crippen molar-refractivity contribution in [3.63, 3.8) is 0 Å². The van der Waals surface area contributed by atoms with E-state index in [1.54, 1.807) is 6.33 Å². The Balaban J connectivity index is 1.51. The molecule has 1 aromatic carbocycles. The van der Waals surface area contributed by atoms with Crippen LogP contribution in [0, 0.1) is 5.92 Å². The van der Waals surface area contributed by atoms with Gasteiger partial charge in [0, 0.05) is 25.7 Å². The van der Waals surface area contributed by atoms with Crippen molar-refractivity contribution in [2.24, 2.45) is 5.92 Å². The molecule has 23 heavy (non-hydrogen) atoms. The molecule has 0 bridgehead atoms. The van der Waals surface area contributed by atoms with E-state index in [-0.39, 0.29) is 11.8 Å². The zero-order valence-corrected chi connectivity index (χ0v) is 13.1. The van der Waals surface area contributed by atoms with Crippen LogP contribution in [0.2, 0.25) is 0 Å². The Hall–Kier alpha value is -2.21. The summed E-state index contributed by atoms with van der Waals surface area (Å²) in [7, 11) is 0. The molecule has 0 unspecified atom stereocenters. The van der Waals surface area contributed by atoms with E-state index < -0.39 is 0 Å². The molecule has 0 radical (unpaired) electrons. The summed E-state index contributed by atoms with van der Waals surface area (Å²) in [5.74, 6) is 0.941. The maximum absolute atomic E-state index is 12.2. The molecule has 1 aliphatic rings. The third-order valence-electron chi connectivity index (χ3n) is 4.19. The molecule has 1 amide bonds. The Labute approximate surface area is 135 Å². The number of aryl methyl sites for hydroxylation is 2. The molecule has 2 heterocycles. The van der Waals surface area contributed by atoms with Gasteiger partial charge in [-0.25, -0.2) is 0 Å². The van der Waals surface area contributed by atoms with E-state index >= 15 is 0 Å². The van der Waals surface area contributed by atoms with Crippen LogP contribution in [0.1, 0.15) is 24.2 Å². The predicted molar refractivity (Wildman–Crippen MR) is 85.6 cm³/mol. The van der Waals surface area contributed by atoms with Gasteiger partial charge >= 0.3 is 0 Å². The molecule has 0 atom stereocenters. The van der Waals surface area contributed by atoms with Gasteiger partial charge in [-0.05, 0) is 24.8 Å². The fourth-order valence-corrected chi connectivity index (χ4v) is 2.77. The summed E-state index contributed by atoms with van der Waals surface area (Å²) in [4.78, 5) is 12.2. The molecule has 1 saturated heterocycles. The second kappa shape index (κ2) is 7.87. The molecule has 2 aromatic rings. The third kappa shape index (κ3) is 4.39. The van der Waals surface area contributed by atoms with E-state index in [2.05, 4.69) is 27.6 Å². The first-order valence-electron chi connectivity index (χ1n) is 8.09. The van der Waals surface area contributed by atoms with Crippen LogP contribution < -0.4 is 5.32 Å². The van der Waals surface area contributed by atoms with Crippen molar-refractivity contribution >= 4 is 5.91 Å². The maximum atomic E-state index is 12.2. The van der Waals surface area contributed by atoms with Gasteiger partial charge in [0.05, 0.1) is 6.54 Å². The van der Waals surface area contributed by atoms with E-state index in [1.165, 1.54) is 5.56 Å². The molecular formula is C17H22N4O2. The molecule has 1 aromatic heterocycles. The Morgan fingerprint density at radius 1 is 1.26 bits per heavy atom. The van der Waals surface area contributed by atoms with Gasteiger partial charge in [-0.1, -0.05) is 30.3 Å². The van der Waals surface area contributed by atoms with Crippen LogP contribution in [0.15, 0.2) is 36.7 Å². The third-order valence-corrected chi connectivity index (χ3v) is 4.19. The van der Waals surface area contributed by atoms with Crippen LogP contribution in [-0.4, -0.2) is 33.9 Å². The number of nitrogens with zero attached hydrogens (tertiary/aromatic N) is 3. The fourth-order valence-electron chi connectivity index (χ4n) is 2.77. The smallest absolute Gasteiger partial charge is 0.223 e. The molecule has 1 aliphatic heterocycles. The van der Waals surface area contributed by atoms with Crippen LogP contribution in [0.3, 0.4) is 0 Å². The number of nitrogens with one attached hydrogen (secondary N) is 1. The van der Waals surface area contributed by atoms with Gasteiger partial charge in [0.25, 0.3) is 0 Å². The molecule has 0 saturated carbocycles. The number of amides is 1. The number of rotatable bonds is 6. The minimum absolute atomic E-state index is 0.0597. The Morgan fingerprint density at radius 3 is 2.83 bits per heavy atom. The van der Waals surface area contributed by atoms with Crippen LogP contribution in [0.25, 0.3) is 0 Å². The second-order valence-corrected chi connectivity index (χ2v) is 5.78. The normalized spacial score (nSPS) is 15.5. The molecule has 0 spiro atoms. The van der Waals surface area contributed by atoms with E-state index in [9.17, 15) is 4.79 Å². The van der Waals surface area contributed by atoms with Crippen molar-refractivity contribution < 1.29 is 9.53 Å². The highest BCUT2D eigenvalue weighted by Gasteiger charge is 2.21. The Morgan fingerprint density at radius 2 is 2.04 bits per heavy atom. The summed E-state index contributed by atoms with van der Waals surface area (Å²) in [6.45, 7) is 2.57. The zero-order chi connectivity index (χ0) is 15.9. The largest absolute Gasteiger partial charge is 0.381 e. The SMILES string of the molecule is O=C(NCc1nncn1CCc1ccccc1)C1CCOCC1. The zero-order valence-electron chi connectivity index (χ0n) is 13.1. The van der Waals surface area contributed by atoms with Crippen molar-refractivity contribution in [2.75, 3.05) is 13.2 Å². The average molecular weight is 314 g/mol. The number of carbonyl (C=O) groups excluding carboxylic acids is 1. The average Bonchev–Trinajstić information content (AvgIpc) is 3.07. The molecule has 3 rings (SSSR count). The summed E-state index contributed by atoms with van der Waals surface area (Å²) in [5, 5.41) is 11.1. The molecule has 1 fully saturated rings. The standard InChI is InChI=1S/C17H22N4O2/c22-17(15-7-10-23-11-8-15)18-12-16-20-19-13-21(16)9-6-14-4-2-1-3-5-14/h1-5,13,15H,6-12H2,(H,18,22). The minimum Gasteiger partial charge on any atom is -0.381 e. The summed E-state index contributed by atoms with van der Waals surface area (Å²) in [5.41, 5.74) is 1.28. The van der Waals surface area contributed by atoms with Gasteiger partial charge in [-0.3, -0.25) is 4.79 Å². The summed E-state index contributed by atoms with van der Waals surface area (Å²) in [6, 6.07) is 10.3. The lowest BCUT2D eigenvalue weighted by Gasteiger charge is -2.21. The topological polar surface area (TPSA) is 69.0 Å². The van der Waals surface area contributed by atoms with Crippen molar-refractivity contribution in [3.05, 3.63) is 48.0 Å². The first-order chi connectivity index (χ1) is 11.3. The van der Waals surface area contributed by atoms with E-state index in [0.717, 1.165) is 31.6 Å².